The Labute approximate surface area is 773 Å². The number of hydrogen-bond acceptors (Lipinski definition) is 17. The zero-order valence-electron chi connectivity index (χ0n) is 76.1. The molecular formula is C104H118N16O13. The minimum Gasteiger partial charge on any atom is -0.481 e. The number of carboxylic acids is 1. The third-order valence-corrected chi connectivity index (χ3v) is 26.7. The molecule has 10 heterocycles. The third kappa shape index (κ3) is 21.9. The van der Waals surface area contributed by atoms with Crippen molar-refractivity contribution in [3.05, 3.63) is 241 Å². The SMILES string of the molecule is COC(=O)N[C@H](C(=O)N1CCC[C@H]1c1ncc(-c2ccc3cc(-c4ccc(-c5cnc([C@@H]6CCCN6C(=O)[C@H](N)c6ccccc6)[nH]5)cc4)ccc3c2)[nH]1)C(C)C.COC(=O)N[C@H](C(=O)N1CCC[C@H]1c1ncc(-c2ccc3cc(-c4ccc(-c5cnc([C@@H]6CCCN6C(=O)[C@H](NC(=O)CC6CCOCC6)c6ccccc6)[nH]5)cc4)ccc3c2)[nH]1)C(C)C.O=C(O)CC1CCOCC1. The van der Waals surface area contributed by atoms with Crippen LogP contribution in [0.4, 0.5) is 9.59 Å². The fourth-order valence-corrected chi connectivity index (χ4v) is 19.2. The molecule has 133 heavy (non-hydrogen) atoms. The van der Waals surface area contributed by atoms with Gasteiger partial charge in [-0.2, -0.15) is 0 Å². The number of hydrogen-bond donors (Lipinski definition) is 9. The number of aliphatic carboxylic acids is 1. The summed E-state index contributed by atoms with van der Waals surface area (Å²) in [6.45, 7) is 12.9. The summed E-state index contributed by atoms with van der Waals surface area (Å²) in [4.78, 5) is 143. The number of likely N-dealkylation sites (tertiary alicyclic amines) is 4. The van der Waals surface area contributed by atoms with Gasteiger partial charge in [0.25, 0.3) is 0 Å². The highest BCUT2D eigenvalue weighted by atomic mass is 16.5. The van der Waals surface area contributed by atoms with E-state index in [1.807, 2.05) is 133 Å². The van der Waals surface area contributed by atoms with Crippen molar-refractivity contribution in [3.8, 4) is 67.3 Å². The van der Waals surface area contributed by atoms with Crippen LogP contribution in [0, 0.1) is 23.7 Å². The van der Waals surface area contributed by atoms with Crippen LogP contribution in [0.15, 0.2) is 207 Å². The van der Waals surface area contributed by atoms with Gasteiger partial charge in [-0.05, 0) is 191 Å². The molecule has 692 valence electrons. The van der Waals surface area contributed by atoms with Crippen LogP contribution in [0.5, 0.6) is 0 Å². The van der Waals surface area contributed by atoms with E-state index >= 15 is 0 Å². The lowest BCUT2D eigenvalue weighted by Crippen LogP contribution is -2.51. The van der Waals surface area contributed by atoms with E-state index in [1.54, 1.807) is 0 Å². The number of alkyl carbamates (subject to hydrolysis) is 2. The minimum absolute atomic E-state index is 0.0816. The number of H-pyrrole nitrogens is 4. The summed E-state index contributed by atoms with van der Waals surface area (Å²) in [6.07, 6.45) is 16.9. The summed E-state index contributed by atoms with van der Waals surface area (Å²) in [6, 6.07) is 57.8. The summed E-state index contributed by atoms with van der Waals surface area (Å²) >= 11 is 0. The van der Waals surface area contributed by atoms with Crippen molar-refractivity contribution in [2.45, 2.75) is 166 Å². The number of carbonyl (C=O) groups is 8. The first-order chi connectivity index (χ1) is 64.6. The average Bonchev–Trinajstić information content (AvgIpc) is 1.57. The Morgan fingerprint density at radius 3 is 1.07 bits per heavy atom. The van der Waals surface area contributed by atoms with Crippen LogP contribution in [-0.4, -0.2) is 191 Å². The van der Waals surface area contributed by atoms with Crippen LogP contribution in [0.3, 0.4) is 0 Å². The molecule has 0 aliphatic carbocycles. The van der Waals surface area contributed by atoms with E-state index in [4.69, 9.17) is 49.7 Å². The summed E-state index contributed by atoms with van der Waals surface area (Å²) < 4.78 is 20.1. The van der Waals surface area contributed by atoms with Gasteiger partial charge in [0.2, 0.25) is 29.5 Å². The van der Waals surface area contributed by atoms with Crippen molar-refractivity contribution in [3.63, 3.8) is 0 Å². The Balaban J connectivity index is 0.000000177. The Kier molecular flexibility index (Phi) is 29.7. The van der Waals surface area contributed by atoms with Crippen molar-refractivity contribution >= 4 is 69.2 Å². The molecular weight excluding hydrogens is 1680 g/mol. The molecule has 7 amide bonds. The summed E-state index contributed by atoms with van der Waals surface area (Å²) in [5.74, 6) is 2.11. The van der Waals surface area contributed by atoms with E-state index in [2.05, 4.69) is 157 Å². The molecule has 6 fully saturated rings. The van der Waals surface area contributed by atoms with E-state index in [-0.39, 0.29) is 71.5 Å². The van der Waals surface area contributed by atoms with Gasteiger partial charge < -0.3 is 85.3 Å². The van der Waals surface area contributed by atoms with E-state index < -0.39 is 42.3 Å². The number of carbonyl (C=O) groups excluding carboxylic acids is 7. The summed E-state index contributed by atoms with van der Waals surface area (Å²) in [5, 5.41) is 21.3. The first-order valence-corrected chi connectivity index (χ1v) is 46.5. The van der Waals surface area contributed by atoms with Crippen LogP contribution in [0.25, 0.3) is 88.8 Å². The van der Waals surface area contributed by atoms with Crippen molar-refractivity contribution in [2.24, 2.45) is 29.4 Å². The predicted molar refractivity (Wildman–Crippen MR) is 507 cm³/mol. The minimum atomic E-state index is -0.778. The lowest BCUT2D eigenvalue weighted by atomic mass is 9.95. The zero-order chi connectivity index (χ0) is 92.8. The Morgan fingerprint density at radius 2 is 0.707 bits per heavy atom. The molecule has 0 bridgehead atoms. The molecule has 10 N–H and O–H groups in total. The first kappa shape index (κ1) is 92.6. The monoisotopic (exact) mass is 1800 g/mol. The van der Waals surface area contributed by atoms with Gasteiger partial charge in [-0.15, -0.1) is 0 Å². The zero-order valence-corrected chi connectivity index (χ0v) is 76.1. The largest absolute Gasteiger partial charge is 0.481 e. The second-order valence-electron chi connectivity index (χ2n) is 36.1. The number of aromatic nitrogens is 8. The van der Waals surface area contributed by atoms with E-state index in [0.29, 0.717) is 58.2 Å². The van der Waals surface area contributed by atoms with Crippen molar-refractivity contribution < 1.29 is 62.4 Å². The molecule has 29 nitrogen and oxygen atoms in total. The number of imidazole rings is 4. The number of ether oxygens (including phenoxy) is 4. The fraction of sp³-hybridized carbons (Fsp3) is 0.385. The maximum Gasteiger partial charge on any atom is 0.407 e. The highest BCUT2D eigenvalue weighted by Crippen LogP contribution is 2.41. The van der Waals surface area contributed by atoms with Gasteiger partial charge in [0.1, 0.15) is 47.5 Å². The molecule has 6 saturated heterocycles. The van der Waals surface area contributed by atoms with Gasteiger partial charge in [0, 0.05) is 76.6 Å². The normalized spacial score (nSPS) is 18.5. The number of nitrogens with two attached hydrogens (primary N) is 1. The number of benzene rings is 8. The number of fused-ring (bicyclic) bond motifs is 2. The van der Waals surface area contributed by atoms with Crippen molar-refractivity contribution in [1.29, 1.82) is 0 Å². The van der Waals surface area contributed by atoms with Gasteiger partial charge in [-0.25, -0.2) is 29.5 Å². The third-order valence-electron chi connectivity index (χ3n) is 26.7. The maximum atomic E-state index is 14.3. The molecule has 4 aromatic heterocycles. The van der Waals surface area contributed by atoms with Crippen molar-refractivity contribution in [2.75, 3.05) is 66.8 Å². The van der Waals surface area contributed by atoms with E-state index in [9.17, 15) is 38.4 Å². The Bertz CT molecular complexity index is 6060. The molecule has 18 rings (SSSR count). The molecule has 0 radical (unpaired) electrons. The number of nitrogens with zero attached hydrogens (tertiary/aromatic N) is 8. The molecule has 0 unspecified atom stereocenters. The highest BCUT2D eigenvalue weighted by Gasteiger charge is 2.42. The topological polar surface area (TPSA) is 384 Å². The van der Waals surface area contributed by atoms with Gasteiger partial charge in [0.05, 0.1) is 86.0 Å². The quantitative estimate of drug-likeness (QED) is 0.0257. The standard InChI is InChI=1S/C52H58N8O6.C45H48N8O4.C7H12O3/c1-32(2)46(58-52(64)65-3)50(62)59-23-7-11-43(59)49-54-31-42(56-49)40-20-19-38-28-37(17-18-39(38)29-40)34-13-15-35(16-14-34)41-30-53-48(55-41)44-12-8-24-60(44)51(63)47(36-9-5-4-6-10-36)57-45(61)27-33-21-25-66-26-22-33;1-27(2)40(51-45(56)57-3)44(55)53-22-8-12-38(53)42-48-26-36(50-42)34-20-19-32-23-31(17-18-33(32)24-34)28-13-15-29(16-14-28)35-25-47-41(49-35)37-11-7-21-52(37)43(54)39(46)30-9-5-4-6-10-30;8-7(9)5-6-1-3-10-4-2-6/h4-6,9-10,13-20,28-33,43-44,46-47H,7-8,11-12,21-27H2,1-3H3,(H,53,55)(H,54,56)(H,57,61)(H,58,64);4-6,9-10,13-20,23-27,37-40H,7-8,11-12,21-22,46H2,1-3H3,(H,47,49)(H,48,50)(H,51,56);6H,1-5H2,(H,8,9)/t43-,44-,46-,47+;37-,38-,39+,40-;/m00./s1. The van der Waals surface area contributed by atoms with Crippen LogP contribution >= 0.6 is 0 Å². The second-order valence-corrected chi connectivity index (χ2v) is 36.1. The number of nitrogens with one attached hydrogen (secondary N) is 7. The maximum absolute atomic E-state index is 14.3. The van der Waals surface area contributed by atoms with Gasteiger partial charge >= 0.3 is 18.2 Å². The highest BCUT2D eigenvalue weighted by molar-refractivity contribution is 5.94. The molecule has 0 saturated carbocycles. The molecule has 0 spiro atoms. The first-order valence-electron chi connectivity index (χ1n) is 46.5. The molecule has 29 heteroatoms. The van der Waals surface area contributed by atoms with Gasteiger partial charge in [-0.1, -0.05) is 185 Å². The van der Waals surface area contributed by atoms with Crippen molar-refractivity contribution in [1.82, 2.24) is 75.4 Å². The van der Waals surface area contributed by atoms with E-state index in [0.717, 1.165) is 214 Å². The summed E-state index contributed by atoms with van der Waals surface area (Å²) in [5.41, 5.74) is 19.9. The summed E-state index contributed by atoms with van der Waals surface area (Å²) in [7, 11) is 2.59. The second kappa shape index (κ2) is 42.7. The Morgan fingerprint density at radius 1 is 0.391 bits per heavy atom. The number of carboxylic acid groups (broad SMARTS) is 1. The average molecular weight is 1800 g/mol. The molecule has 8 aromatic carbocycles. The van der Waals surface area contributed by atoms with Crippen LogP contribution in [0.2, 0.25) is 0 Å². The molecule has 8 atom stereocenters. The lowest BCUT2D eigenvalue weighted by molar-refractivity contribution is -0.139. The van der Waals surface area contributed by atoms with Gasteiger partial charge in [0.15, 0.2) is 0 Å². The lowest BCUT2D eigenvalue weighted by Gasteiger charge is -2.30. The number of amides is 7. The number of methoxy groups -OCH3 is 2. The molecule has 6 aliphatic heterocycles. The van der Waals surface area contributed by atoms with E-state index in [1.165, 1.54) is 14.2 Å². The molecule has 6 aliphatic rings. The smallest absolute Gasteiger partial charge is 0.407 e. The Hall–Kier alpha value is -13.6. The van der Waals surface area contributed by atoms with Crippen LogP contribution in [0.1, 0.15) is 188 Å². The fourth-order valence-electron chi connectivity index (χ4n) is 19.2. The van der Waals surface area contributed by atoms with Gasteiger partial charge in [-0.3, -0.25) is 28.8 Å². The molecule has 12 aromatic rings. The number of rotatable bonds is 25. The predicted octanol–water partition coefficient (Wildman–Crippen LogP) is 17.3. The number of aromatic amines is 4. The van der Waals surface area contributed by atoms with Crippen LogP contribution < -0.4 is 21.7 Å². The van der Waals surface area contributed by atoms with Crippen LogP contribution in [-0.2, 0) is 47.7 Å².